The summed E-state index contributed by atoms with van der Waals surface area (Å²) in [5.41, 5.74) is -0.890. The molecule has 4 nitrogen and oxygen atoms in total. The summed E-state index contributed by atoms with van der Waals surface area (Å²) >= 11 is 0. The zero-order chi connectivity index (χ0) is 15.3. The lowest BCUT2D eigenvalue weighted by atomic mass is 10.0. The number of piperidine rings is 1. The molecule has 0 radical (unpaired) electrons. The number of nitrogens with one attached hydrogen (secondary N) is 1. The second-order valence-electron chi connectivity index (χ2n) is 5.20. The number of hydrogen-bond donors (Lipinski definition) is 2. The molecule has 2 heterocycles. The van der Waals surface area contributed by atoms with Crippen LogP contribution >= 0.6 is 0 Å². The molecule has 1 atom stereocenters. The first-order valence-corrected chi connectivity index (χ1v) is 7.14. The van der Waals surface area contributed by atoms with Crippen LogP contribution in [0.3, 0.4) is 0 Å². The Morgan fingerprint density at radius 3 is 2.86 bits per heavy atom. The minimum Gasteiger partial charge on any atom is -0.395 e. The van der Waals surface area contributed by atoms with Crippen molar-refractivity contribution in [3.05, 3.63) is 23.9 Å². The van der Waals surface area contributed by atoms with Crippen molar-refractivity contribution < 1.29 is 18.3 Å². The number of pyridine rings is 1. The highest BCUT2D eigenvalue weighted by Gasteiger charge is 2.32. The van der Waals surface area contributed by atoms with Gasteiger partial charge in [-0.3, -0.25) is 4.90 Å². The van der Waals surface area contributed by atoms with Crippen molar-refractivity contribution in [2.75, 3.05) is 31.6 Å². The van der Waals surface area contributed by atoms with Gasteiger partial charge in [0.25, 0.3) is 0 Å². The summed E-state index contributed by atoms with van der Waals surface area (Å²) in [6.07, 6.45) is -1.24. The fraction of sp³-hybridized carbons (Fsp3) is 0.643. The molecule has 2 rings (SSSR count). The highest BCUT2D eigenvalue weighted by Crippen LogP contribution is 2.28. The molecule has 7 heteroatoms. The molecule has 0 bridgehead atoms. The Kier molecular flexibility index (Phi) is 5.41. The number of aromatic nitrogens is 1. The Morgan fingerprint density at radius 1 is 1.33 bits per heavy atom. The normalized spacial score (nSPS) is 20.5. The molecule has 21 heavy (non-hydrogen) atoms. The van der Waals surface area contributed by atoms with Crippen LogP contribution in [0.2, 0.25) is 0 Å². The van der Waals surface area contributed by atoms with Crippen LogP contribution in [0.5, 0.6) is 0 Å². The van der Waals surface area contributed by atoms with Crippen LogP contribution in [0.4, 0.5) is 19.0 Å². The van der Waals surface area contributed by atoms with E-state index in [-0.39, 0.29) is 18.5 Å². The van der Waals surface area contributed by atoms with E-state index in [1.165, 1.54) is 12.1 Å². The predicted octanol–water partition coefficient (Wildman–Crippen LogP) is 2.36. The average Bonchev–Trinajstić information content (AvgIpc) is 2.47. The second-order valence-corrected chi connectivity index (χ2v) is 5.20. The van der Waals surface area contributed by atoms with Crippen molar-refractivity contribution in [3.63, 3.8) is 0 Å². The maximum absolute atomic E-state index is 12.6. The quantitative estimate of drug-likeness (QED) is 0.877. The van der Waals surface area contributed by atoms with Crippen LogP contribution < -0.4 is 5.32 Å². The molecule has 0 saturated carbocycles. The van der Waals surface area contributed by atoms with Crippen LogP contribution in [0, 0.1) is 0 Å². The molecule has 118 valence electrons. The van der Waals surface area contributed by atoms with Gasteiger partial charge in [0.1, 0.15) is 11.5 Å². The molecule has 0 aliphatic carbocycles. The SMILES string of the molecule is OCC1CCCCN1CCNc1cccc(C(F)(F)F)n1. The first kappa shape index (κ1) is 16.0. The summed E-state index contributed by atoms with van der Waals surface area (Å²) in [6.45, 7) is 2.23. The largest absolute Gasteiger partial charge is 0.433 e. The first-order valence-electron chi connectivity index (χ1n) is 7.14. The van der Waals surface area contributed by atoms with Crippen molar-refractivity contribution >= 4 is 5.82 Å². The lowest BCUT2D eigenvalue weighted by Gasteiger charge is -2.34. The van der Waals surface area contributed by atoms with Gasteiger partial charge in [-0.1, -0.05) is 12.5 Å². The number of alkyl halides is 3. The van der Waals surface area contributed by atoms with Crippen molar-refractivity contribution in [1.29, 1.82) is 0 Å². The topological polar surface area (TPSA) is 48.4 Å². The third-order valence-corrected chi connectivity index (χ3v) is 3.70. The van der Waals surface area contributed by atoms with E-state index in [4.69, 9.17) is 0 Å². The molecule has 0 aromatic carbocycles. The summed E-state index contributed by atoms with van der Waals surface area (Å²) in [5.74, 6) is 0.224. The van der Waals surface area contributed by atoms with Crippen LogP contribution in [0.1, 0.15) is 25.0 Å². The zero-order valence-electron chi connectivity index (χ0n) is 11.7. The predicted molar refractivity (Wildman–Crippen MR) is 74.0 cm³/mol. The van der Waals surface area contributed by atoms with E-state index in [0.717, 1.165) is 31.9 Å². The molecule has 1 aliphatic rings. The smallest absolute Gasteiger partial charge is 0.395 e. The van der Waals surface area contributed by atoms with Crippen molar-refractivity contribution in [1.82, 2.24) is 9.88 Å². The van der Waals surface area contributed by atoms with Crippen molar-refractivity contribution in [3.8, 4) is 0 Å². The second kappa shape index (κ2) is 7.09. The molecule has 0 amide bonds. The van der Waals surface area contributed by atoms with Gasteiger partial charge in [-0.2, -0.15) is 13.2 Å². The van der Waals surface area contributed by atoms with E-state index < -0.39 is 11.9 Å². The maximum atomic E-state index is 12.6. The molecule has 1 aromatic heterocycles. The lowest BCUT2D eigenvalue weighted by molar-refractivity contribution is -0.141. The Balaban J connectivity index is 1.85. The average molecular weight is 303 g/mol. The number of rotatable bonds is 5. The highest BCUT2D eigenvalue weighted by molar-refractivity contribution is 5.35. The van der Waals surface area contributed by atoms with Crippen LogP contribution in [0.15, 0.2) is 18.2 Å². The highest BCUT2D eigenvalue weighted by atomic mass is 19.4. The van der Waals surface area contributed by atoms with Gasteiger partial charge in [-0.05, 0) is 31.5 Å². The Labute approximate surface area is 122 Å². The van der Waals surface area contributed by atoms with Crippen molar-refractivity contribution in [2.24, 2.45) is 0 Å². The van der Waals surface area contributed by atoms with E-state index in [0.29, 0.717) is 13.1 Å². The molecule has 1 aromatic rings. The van der Waals surface area contributed by atoms with E-state index >= 15 is 0 Å². The third kappa shape index (κ3) is 4.57. The first-order chi connectivity index (χ1) is 10.0. The summed E-state index contributed by atoms with van der Waals surface area (Å²) in [5, 5.41) is 12.2. The number of aliphatic hydroxyl groups is 1. The number of hydrogen-bond acceptors (Lipinski definition) is 4. The van der Waals surface area contributed by atoms with E-state index in [1.807, 2.05) is 0 Å². The van der Waals surface area contributed by atoms with Crippen LogP contribution in [-0.4, -0.2) is 47.3 Å². The Hall–Kier alpha value is -1.34. The molecular formula is C14H20F3N3O. The van der Waals surface area contributed by atoms with Crippen molar-refractivity contribution in [2.45, 2.75) is 31.5 Å². The zero-order valence-corrected chi connectivity index (χ0v) is 11.7. The van der Waals surface area contributed by atoms with Gasteiger partial charge in [0.2, 0.25) is 0 Å². The number of likely N-dealkylation sites (tertiary alicyclic amines) is 1. The van der Waals surface area contributed by atoms with Gasteiger partial charge < -0.3 is 10.4 Å². The molecule has 1 unspecified atom stereocenters. The summed E-state index contributed by atoms with van der Waals surface area (Å²) in [4.78, 5) is 5.73. The van der Waals surface area contributed by atoms with Gasteiger partial charge in [0, 0.05) is 19.1 Å². The van der Waals surface area contributed by atoms with Gasteiger partial charge in [-0.15, -0.1) is 0 Å². The molecule has 1 aliphatic heterocycles. The molecule has 1 saturated heterocycles. The maximum Gasteiger partial charge on any atom is 0.433 e. The van der Waals surface area contributed by atoms with Gasteiger partial charge >= 0.3 is 6.18 Å². The standard InChI is InChI=1S/C14H20F3N3O/c15-14(16,17)12-5-3-6-13(19-12)18-7-9-20-8-2-1-4-11(20)10-21/h3,5-6,11,21H,1-2,4,7-10H2,(H,18,19). The van der Waals surface area contributed by atoms with Gasteiger partial charge in [0.05, 0.1) is 6.61 Å². The van der Waals surface area contributed by atoms with Gasteiger partial charge in [0.15, 0.2) is 0 Å². The summed E-state index contributed by atoms with van der Waals surface area (Å²) in [7, 11) is 0. The van der Waals surface area contributed by atoms with E-state index in [1.54, 1.807) is 0 Å². The lowest BCUT2D eigenvalue weighted by Crippen LogP contribution is -2.44. The van der Waals surface area contributed by atoms with Crippen LogP contribution in [-0.2, 0) is 6.18 Å². The summed E-state index contributed by atoms with van der Waals surface area (Å²) in [6, 6.07) is 3.98. The Bertz CT molecular complexity index is 453. The van der Waals surface area contributed by atoms with E-state index in [9.17, 15) is 18.3 Å². The number of nitrogens with zero attached hydrogens (tertiary/aromatic N) is 2. The van der Waals surface area contributed by atoms with E-state index in [2.05, 4.69) is 15.2 Å². The minimum absolute atomic E-state index is 0.127. The van der Waals surface area contributed by atoms with Gasteiger partial charge in [-0.25, -0.2) is 4.98 Å². The Morgan fingerprint density at radius 2 is 2.14 bits per heavy atom. The molecular weight excluding hydrogens is 283 g/mol. The monoisotopic (exact) mass is 303 g/mol. The van der Waals surface area contributed by atoms with Crippen LogP contribution in [0.25, 0.3) is 0 Å². The fourth-order valence-corrected chi connectivity index (χ4v) is 2.58. The third-order valence-electron chi connectivity index (χ3n) is 3.70. The number of halogens is 3. The molecule has 1 fully saturated rings. The molecule has 0 spiro atoms. The summed E-state index contributed by atoms with van der Waals surface area (Å²) < 4.78 is 37.7. The molecule has 2 N–H and O–H groups in total. The number of anilines is 1. The fourth-order valence-electron chi connectivity index (χ4n) is 2.58. The minimum atomic E-state index is -4.42. The number of aliphatic hydroxyl groups excluding tert-OH is 1.